The summed E-state index contributed by atoms with van der Waals surface area (Å²) < 4.78 is 5.41. The van der Waals surface area contributed by atoms with E-state index in [9.17, 15) is 14.7 Å². The van der Waals surface area contributed by atoms with Gasteiger partial charge in [-0.1, -0.05) is 32.0 Å². The van der Waals surface area contributed by atoms with Crippen molar-refractivity contribution in [2.75, 3.05) is 20.2 Å². The van der Waals surface area contributed by atoms with E-state index in [1.807, 2.05) is 43.0 Å². The van der Waals surface area contributed by atoms with E-state index in [1.165, 1.54) is 0 Å². The molecule has 1 atom stereocenters. The number of benzene rings is 1. The van der Waals surface area contributed by atoms with Crippen LogP contribution in [0.25, 0.3) is 0 Å². The molecule has 1 unspecified atom stereocenters. The molecule has 0 radical (unpaired) electrons. The Morgan fingerprint density at radius 1 is 1.28 bits per heavy atom. The first kappa shape index (κ1) is 17.8. The van der Waals surface area contributed by atoms with Crippen LogP contribution < -0.4 is 4.74 Å². The van der Waals surface area contributed by atoms with Gasteiger partial charge in [0.2, 0.25) is 5.91 Å². The van der Waals surface area contributed by atoms with Crippen molar-refractivity contribution in [3.8, 4) is 5.75 Å². The predicted octanol–water partition coefficient (Wildman–Crippen LogP) is 2.98. The monoisotopic (exact) mass is 345 g/mol. The Balaban J connectivity index is 1.63. The van der Waals surface area contributed by atoms with Crippen LogP contribution in [0.2, 0.25) is 0 Å². The van der Waals surface area contributed by atoms with Gasteiger partial charge < -0.3 is 14.7 Å². The zero-order chi connectivity index (χ0) is 18.2. The Bertz CT molecular complexity index is 674. The molecule has 1 aromatic rings. The molecule has 0 aromatic heterocycles. The van der Waals surface area contributed by atoms with E-state index in [0.717, 1.165) is 30.6 Å². The number of ether oxygens (including phenoxy) is 1. The number of carboxylic acids is 1. The molecule has 0 bridgehead atoms. The van der Waals surface area contributed by atoms with Gasteiger partial charge in [-0.3, -0.25) is 9.59 Å². The number of aliphatic carboxylic acids is 1. The predicted molar refractivity (Wildman–Crippen MR) is 94.5 cm³/mol. The Labute approximate surface area is 149 Å². The van der Waals surface area contributed by atoms with Crippen molar-refractivity contribution in [2.45, 2.75) is 39.5 Å². The number of nitrogens with zero attached hydrogens (tertiary/aromatic N) is 1. The lowest BCUT2D eigenvalue weighted by molar-refractivity contribution is -0.142. The maximum absolute atomic E-state index is 13.0. The molecule has 3 rings (SSSR count). The molecular formula is C20H27NO4. The topological polar surface area (TPSA) is 66.8 Å². The molecule has 1 saturated carbocycles. The quantitative estimate of drug-likeness (QED) is 0.891. The molecule has 1 saturated heterocycles. The molecule has 136 valence electrons. The standard InChI is InChI=1S/C20H27NO4/c1-19(2,12-14-6-4-5-7-16(14)25-3)18(24)21-10-8-20(9-11-21)13-15(20)17(22)23/h4-7,15H,8-13H2,1-3H3,(H,22,23). The van der Waals surface area contributed by atoms with Gasteiger partial charge in [0, 0.05) is 18.5 Å². The normalized spacial score (nSPS) is 21.9. The summed E-state index contributed by atoms with van der Waals surface area (Å²) in [7, 11) is 1.65. The van der Waals surface area contributed by atoms with E-state index in [1.54, 1.807) is 7.11 Å². The first-order valence-corrected chi connectivity index (χ1v) is 8.93. The van der Waals surface area contributed by atoms with Crippen LogP contribution in [0.4, 0.5) is 0 Å². The van der Waals surface area contributed by atoms with Crippen LogP contribution in [0.1, 0.15) is 38.7 Å². The third-order valence-electron chi connectivity index (χ3n) is 5.94. The molecule has 25 heavy (non-hydrogen) atoms. The fourth-order valence-electron chi connectivity index (χ4n) is 4.23. The fourth-order valence-corrected chi connectivity index (χ4v) is 4.23. The van der Waals surface area contributed by atoms with Crippen molar-refractivity contribution in [1.29, 1.82) is 0 Å². The van der Waals surface area contributed by atoms with E-state index in [4.69, 9.17) is 4.74 Å². The molecule has 5 nitrogen and oxygen atoms in total. The molecule has 1 aliphatic carbocycles. The molecule has 1 aromatic carbocycles. The molecule has 2 aliphatic rings. The molecule has 1 aliphatic heterocycles. The highest BCUT2D eigenvalue weighted by Crippen LogP contribution is 2.59. The number of piperidine rings is 1. The second kappa shape index (κ2) is 6.36. The average Bonchev–Trinajstić information content (AvgIpc) is 3.29. The molecule has 1 heterocycles. The van der Waals surface area contributed by atoms with Crippen molar-refractivity contribution >= 4 is 11.9 Å². The second-order valence-electron chi connectivity index (χ2n) is 8.12. The number of hydrogen-bond acceptors (Lipinski definition) is 3. The summed E-state index contributed by atoms with van der Waals surface area (Å²) in [5, 5.41) is 9.20. The van der Waals surface area contributed by atoms with Gasteiger partial charge in [0.05, 0.1) is 13.0 Å². The Morgan fingerprint density at radius 2 is 1.92 bits per heavy atom. The fraction of sp³-hybridized carbons (Fsp3) is 0.600. The van der Waals surface area contributed by atoms with E-state index in [0.29, 0.717) is 19.5 Å². The zero-order valence-corrected chi connectivity index (χ0v) is 15.2. The van der Waals surface area contributed by atoms with E-state index < -0.39 is 11.4 Å². The minimum absolute atomic E-state index is 0.0462. The number of rotatable bonds is 5. The van der Waals surface area contributed by atoms with Crippen molar-refractivity contribution < 1.29 is 19.4 Å². The first-order valence-electron chi connectivity index (χ1n) is 8.93. The van der Waals surface area contributed by atoms with Gasteiger partial charge in [0.15, 0.2) is 0 Å². The maximum Gasteiger partial charge on any atom is 0.307 e. The minimum atomic E-state index is -0.684. The highest BCUT2D eigenvalue weighted by molar-refractivity contribution is 5.82. The molecule has 1 amide bonds. The van der Waals surface area contributed by atoms with Gasteiger partial charge in [0.1, 0.15) is 5.75 Å². The molecular weight excluding hydrogens is 318 g/mol. The Morgan fingerprint density at radius 3 is 2.48 bits per heavy atom. The summed E-state index contributed by atoms with van der Waals surface area (Å²) in [6.07, 6.45) is 3.01. The minimum Gasteiger partial charge on any atom is -0.496 e. The summed E-state index contributed by atoms with van der Waals surface area (Å²) in [5.41, 5.74) is 0.467. The van der Waals surface area contributed by atoms with Gasteiger partial charge in [-0.05, 0) is 42.7 Å². The lowest BCUT2D eigenvalue weighted by Gasteiger charge is -2.37. The lowest BCUT2D eigenvalue weighted by Crippen LogP contribution is -2.46. The molecule has 2 fully saturated rings. The van der Waals surface area contributed by atoms with E-state index in [2.05, 4.69) is 0 Å². The smallest absolute Gasteiger partial charge is 0.307 e. The summed E-state index contributed by atoms with van der Waals surface area (Å²) in [6.45, 7) is 5.28. The van der Waals surface area contributed by atoms with Gasteiger partial charge in [-0.15, -0.1) is 0 Å². The van der Waals surface area contributed by atoms with E-state index >= 15 is 0 Å². The third-order valence-corrected chi connectivity index (χ3v) is 5.94. The number of likely N-dealkylation sites (tertiary alicyclic amines) is 1. The molecule has 1 N–H and O–H groups in total. The van der Waals surface area contributed by atoms with Crippen LogP contribution in [0.15, 0.2) is 24.3 Å². The molecule has 5 heteroatoms. The van der Waals surface area contributed by atoms with Crippen molar-refractivity contribution in [3.05, 3.63) is 29.8 Å². The van der Waals surface area contributed by atoms with Gasteiger partial charge in [-0.2, -0.15) is 0 Å². The van der Waals surface area contributed by atoms with Crippen LogP contribution in [-0.2, 0) is 16.0 Å². The number of amides is 1. The Kier molecular flexibility index (Phi) is 4.52. The SMILES string of the molecule is COc1ccccc1CC(C)(C)C(=O)N1CCC2(CC1)CC2C(=O)O. The first-order chi connectivity index (χ1) is 11.8. The number of methoxy groups -OCH3 is 1. The number of carboxylic acid groups (broad SMARTS) is 1. The Hall–Kier alpha value is -2.04. The van der Waals surface area contributed by atoms with E-state index in [-0.39, 0.29) is 17.2 Å². The van der Waals surface area contributed by atoms with Crippen LogP contribution in [0.5, 0.6) is 5.75 Å². The number of hydrogen-bond donors (Lipinski definition) is 1. The van der Waals surface area contributed by atoms with Gasteiger partial charge >= 0.3 is 5.97 Å². The maximum atomic E-state index is 13.0. The zero-order valence-electron chi connectivity index (χ0n) is 15.2. The van der Waals surface area contributed by atoms with Crippen LogP contribution in [-0.4, -0.2) is 42.1 Å². The van der Waals surface area contributed by atoms with Gasteiger partial charge in [0.25, 0.3) is 0 Å². The van der Waals surface area contributed by atoms with Crippen molar-refractivity contribution in [3.63, 3.8) is 0 Å². The van der Waals surface area contributed by atoms with Crippen LogP contribution in [0.3, 0.4) is 0 Å². The van der Waals surface area contributed by atoms with Crippen LogP contribution in [0, 0.1) is 16.7 Å². The molecule has 1 spiro atoms. The highest BCUT2D eigenvalue weighted by Gasteiger charge is 2.59. The number of carbonyl (C=O) groups excluding carboxylic acids is 1. The average molecular weight is 345 g/mol. The number of carbonyl (C=O) groups is 2. The summed E-state index contributed by atoms with van der Waals surface area (Å²) in [5.74, 6) is 0.0617. The van der Waals surface area contributed by atoms with Crippen LogP contribution >= 0.6 is 0 Å². The third kappa shape index (κ3) is 3.37. The lowest BCUT2D eigenvalue weighted by atomic mass is 9.82. The second-order valence-corrected chi connectivity index (χ2v) is 8.12. The largest absolute Gasteiger partial charge is 0.496 e. The highest BCUT2D eigenvalue weighted by atomic mass is 16.5. The summed E-state index contributed by atoms with van der Waals surface area (Å²) >= 11 is 0. The van der Waals surface area contributed by atoms with Crippen molar-refractivity contribution in [2.24, 2.45) is 16.7 Å². The summed E-state index contributed by atoms with van der Waals surface area (Å²) in [6, 6.07) is 7.80. The summed E-state index contributed by atoms with van der Waals surface area (Å²) in [4.78, 5) is 26.1. The van der Waals surface area contributed by atoms with Crippen molar-refractivity contribution in [1.82, 2.24) is 4.90 Å². The number of para-hydroxylation sites is 1. The van der Waals surface area contributed by atoms with Gasteiger partial charge in [-0.25, -0.2) is 0 Å².